The molecule has 0 amide bonds. The number of thioether (sulfide) groups is 1. The quantitative estimate of drug-likeness (QED) is 0.565. The fraction of sp³-hybridized carbons (Fsp3) is 1.00. The van der Waals surface area contributed by atoms with Crippen LogP contribution in [0.4, 0.5) is 4.39 Å². The van der Waals surface area contributed by atoms with E-state index in [1.807, 2.05) is 6.26 Å². The summed E-state index contributed by atoms with van der Waals surface area (Å²) < 4.78 is 11.4. The zero-order valence-corrected chi connectivity index (χ0v) is 5.93. The lowest BCUT2D eigenvalue weighted by Gasteiger charge is -1.96. The molecule has 8 heavy (non-hydrogen) atoms. The minimum Gasteiger partial charge on any atom is -0.313 e. The van der Waals surface area contributed by atoms with E-state index in [9.17, 15) is 4.39 Å². The van der Waals surface area contributed by atoms with Crippen LogP contribution in [-0.2, 0) is 0 Å². The summed E-state index contributed by atoms with van der Waals surface area (Å²) in [4.78, 5) is 0. The summed E-state index contributed by atoms with van der Waals surface area (Å²) in [6.07, 6.45) is 2.04. The van der Waals surface area contributed by atoms with E-state index in [4.69, 9.17) is 0 Å². The summed E-state index contributed by atoms with van der Waals surface area (Å²) in [5, 5.41) is 2.94. The van der Waals surface area contributed by atoms with Gasteiger partial charge in [0.05, 0.1) is 0 Å². The number of hydrogen-bond acceptors (Lipinski definition) is 2. The van der Waals surface area contributed by atoms with Gasteiger partial charge in [0.15, 0.2) is 0 Å². The molecule has 0 saturated heterocycles. The Morgan fingerprint density at radius 2 is 2.25 bits per heavy atom. The molecule has 0 fully saturated rings. The number of halogens is 1. The van der Waals surface area contributed by atoms with E-state index >= 15 is 0 Å². The van der Waals surface area contributed by atoms with Gasteiger partial charge in [-0.3, -0.25) is 0 Å². The van der Waals surface area contributed by atoms with Gasteiger partial charge in [-0.25, -0.2) is 4.39 Å². The Balaban J connectivity index is 2.53. The molecular weight excluding hydrogens is 125 g/mol. The van der Waals surface area contributed by atoms with E-state index in [1.165, 1.54) is 0 Å². The molecule has 0 unspecified atom stereocenters. The van der Waals surface area contributed by atoms with Gasteiger partial charge in [-0.05, 0) is 6.26 Å². The monoisotopic (exact) mass is 137 g/mol. The van der Waals surface area contributed by atoms with Gasteiger partial charge in [0.1, 0.15) is 6.67 Å². The van der Waals surface area contributed by atoms with Crippen LogP contribution in [0.15, 0.2) is 0 Å². The first-order valence-corrected chi connectivity index (χ1v) is 4.07. The highest BCUT2D eigenvalue weighted by Crippen LogP contribution is 1.86. The topological polar surface area (TPSA) is 12.0 Å². The van der Waals surface area contributed by atoms with Crippen molar-refractivity contribution in [2.75, 3.05) is 31.8 Å². The van der Waals surface area contributed by atoms with Gasteiger partial charge in [0.25, 0.3) is 0 Å². The fourth-order valence-corrected chi connectivity index (χ4v) is 0.715. The molecule has 50 valence electrons. The summed E-state index contributed by atoms with van der Waals surface area (Å²) in [5.74, 6) is 1.07. The highest BCUT2D eigenvalue weighted by molar-refractivity contribution is 7.98. The first-order chi connectivity index (χ1) is 3.91. The molecule has 0 spiro atoms. The van der Waals surface area contributed by atoms with Crippen molar-refractivity contribution in [3.63, 3.8) is 0 Å². The molecule has 0 aliphatic rings. The van der Waals surface area contributed by atoms with Gasteiger partial charge < -0.3 is 5.32 Å². The molecule has 3 heteroatoms. The first-order valence-electron chi connectivity index (χ1n) is 2.67. The molecule has 0 bridgehead atoms. The van der Waals surface area contributed by atoms with Crippen LogP contribution >= 0.6 is 11.8 Å². The van der Waals surface area contributed by atoms with Crippen LogP contribution in [0, 0.1) is 0 Å². The SMILES string of the molecule is CSCCNCCF. The lowest BCUT2D eigenvalue weighted by molar-refractivity contribution is 0.472. The molecule has 0 aliphatic heterocycles. The van der Waals surface area contributed by atoms with Crippen LogP contribution < -0.4 is 5.32 Å². The van der Waals surface area contributed by atoms with E-state index in [-0.39, 0.29) is 6.67 Å². The zero-order chi connectivity index (χ0) is 6.24. The van der Waals surface area contributed by atoms with Crippen LogP contribution in [0.5, 0.6) is 0 Å². The summed E-state index contributed by atoms with van der Waals surface area (Å²) in [6.45, 7) is 1.17. The summed E-state index contributed by atoms with van der Waals surface area (Å²) in [5.41, 5.74) is 0. The van der Waals surface area contributed by atoms with Crippen molar-refractivity contribution in [1.29, 1.82) is 0 Å². The molecule has 0 radical (unpaired) electrons. The Kier molecular flexibility index (Phi) is 7.46. The second kappa shape index (κ2) is 7.24. The normalized spacial score (nSPS) is 9.75. The highest BCUT2D eigenvalue weighted by atomic mass is 32.2. The highest BCUT2D eigenvalue weighted by Gasteiger charge is 1.82. The number of hydrogen-bond donors (Lipinski definition) is 1. The maximum Gasteiger partial charge on any atom is 0.102 e. The van der Waals surface area contributed by atoms with Gasteiger partial charge in [-0.1, -0.05) is 0 Å². The standard InChI is InChI=1S/C5H12FNS/c1-8-5-4-7-3-2-6/h7H,2-5H2,1H3. The maximum atomic E-state index is 11.4. The van der Waals surface area contributed by atoms with Crippen LogP contribution in [-0.4, -0.2) is 31.8 Å². The first kappa shape index (κ1) is 8.24. The Morgan fingerprint density at radius 3 is 2.75 bits per heavy atom. The third-order valence-electron chi connectivity index (χ3n) is 0.754. The molecule has 0 saturated carbocycles. The molecule has 0 aliphatic carbocycles. The summed E-state index contributed by atoms with van der Waals surface area (Å²) in [7, 11) is 0. The average Bonchev–Trinajstić information content (AvgIpc) is 1.81. The van der Waals surface area contributed by atoms with E-state index < -0.39 is 0 Å². The van der Waals surface area contributed by atoms with Gasteiger partial charge in [-0.2, -0.15) is 11.8 Å². The predicted molar refractivity (Wildman–Crippen MR) is 37.2 cm³/mol. The zero-order valence-electron chi connectivity index (χ0n) is 5.11. The van der Waals surface area contributed by atoms with Crippen LogP contribution in [0.25, 0.3) is 0 Å². The Morgan fingerprint density at radius 1 is 1.50 bits per heavy atom. The molecule has 0 atom stereocenters. The van der Waals surface area contributed by atoms with Crippen molar-refractivity contribution in [2.24, 2.45) is 0 Å². The van der Waals surface area contributed by atoms with Crippen LogP contribution in [0.2, 0.25) is 0 Å². The van der Waals surface area contributed by atoms with E-state index in [0.29, 0.717) is 6.54 Å². The smallest absolute Gasteiger partial charge is 0.102 e. The molecule has 0 rings (SSSR count). The molecule has 1 nitrogen and oxygen atoms in total. The Bertz CT molecular complexity index is 37.4. The largest absolute Gasteiger partial charge is 0.313 e. The van der Waals surface area contributed by atoms with E-state index in [2.05, 4.69) is 5.32 Å². The third kappa shape index (κ3) is 6.24. The van der Waals surface area contributed by atoms with Gasteiger partial charge in [-0.15, -0.1) is 0 Å². The molecule has 0 aromatic carbocycles. The van der Waals surface area contributed by atoms with E-state index in [0.717, 1.165) is 12.3 Å². The molecule has 0 aromatic rings. The second-order valence-corrected chi connectivity index (χ2v) is 2.42. The molecule has 0 aromatic heterocycles. The summed E-state index contributed by atoms with van der Waals surface area (Å²) >= 11 is 1.77. The third-order valence-corrected chi connectivity index (χ3v) is 1.37. The average molecular weight is 137 g/mol. The Labute approximate surface area is 54.0 Å². The molecular formula is C5H12FNS. The molecule has 1 N–H and O–H groups in total. The number of rotatable bonds is 5. The van der Waals surface area contributed by atoms with Gasteiger partial charge in [0, 0.05) is 18.8 Å². The molecule has 0 heterocycles. The van der Waals surface area contributed by atoms with E-state index in [1.54, 1.807) is 11.8 Å². The Hall–Kier alpha value is 0.240. The van der Waals surface area contributed by atoms with Gasteiger partial charge in [0.2, 0.25) is 0 Å². The van der Waals surface area contributed by atoms with Crippen molar-refractivity contribution in [2.45, 2.75) is 0 Å². The lowest BCUT2D eigenvalue weighted by atomic mass is 10.6. The minimum absolute atomic E-state index is 0.256. The van der Waals surface area contributed by atoms with Crippen LogP contribution in [0.3, 0.4) is 0 Å². The number of alkyl halides is 1. The van der Waals surface area contributed by atoms with Crippen LogP contribution in [0.1, 0.15) is 0 Å². The summed E-state index contributed by atoms with van der Waals surface area (Å²) in [6, 6.07) is 0. The van der Waals surface area contributed by atoms with Crippen molar-refractivity contribution < 1.29 is 4.39 Å². The number of nitrogens with one attached hydrogen (secondary N) is 1. The minimum atomic E-state index is -0.256. The van der Waals surface area contributed by atoms with Gasteiger partial charge >= 0.3 is 0 Å². The van der Waals surface area contributed by atoms with Crippen molar-refractivity contribution in [3.05, 3.63) is 0 Å². The maximum absolute atomic E-state index is 11.4. The lowest BCUT2D eigenvalue weighted by Crippen LogP contribution is -2.19. The van der Waals surface area contributed by atoms with Crippen molar-refractivity contribution in [3.8, 4) is 0 Å². The van der Waals surface area contributed by atoms with Crippen molar-refractivity contribution in [1.82, 2.24) is 5.32 Å². The van der Waals surface area contributed by atoms with Crippen molar-refractivity contribution >= 4 is 11.8 Å². The predicted octanol–water partition coefficient (Wildman–Crippen LogP) is 0.909. The second-order valence-electron chi connectivity index (χ2n) is 1.43. The fourth-order valence-electron chi connectivity index (χ4n) is 0.366.